The summed E-state index contributed by atoms with van der Waals surface area (Å²) in [5, 5.41) is 3.52. The number of fused-ring (bicyclic) bond motifs is 2. The van der Waals surface area contributed by atoms with Crippen molar-refractivity contribution in [2.24, 2.45) is 0 Å². The van der Waals surface area contributed by atoms with E-state index >= 15 is 0 Å². The molecule has 0 saturated carbocycles. The number of thiazole rings is 1. The number of carbonyl (C=O) groups excluding carboxylic acids is 1. The highest BCUT2D eigenvalue weighted by molar-refractivity contribution is 8.00. The minimum absolute atomic E-state index is 0.127. The van der Waals surface area contributed by atoms with E-state index in [2.05, 4.69) is 42.5 Å². The third-order valence-electron chi connectivity index (χ3n) is 5.25. The lowest BCUT2D eigenvalue weighted by atomic mass is 10.1. The number of nitrogens with zero attached hydrogens (tertiary/aromatic N) is 2. The van der Waals surface area contributed by atoms with Gasteiger partial charge in [-0.1, -0.05) is 42.5 Å². The van der Waals surface area contributed by atoms with E-state index in [1.807, 2.05) is 29.2 Å². The Kier molecular flexibility index (Phi) is 4.79. The van der Waals surface area contributed by atoms with Crippen molar-refractivity contribution in [1.29, 1.82) is 0 Å². The van der Waals surface area contributed by atoms with Gasteiger partial charge < -0.3 is 4.90 Å². The van der Waals surface area contributed by atoms with Crippen LogP contribution >= 0.6 is 23.1 Å². The maximum atomic E-state index is 13.0. The number of hydrogen-bond acceptors (Lipinski definition) is 4. The van der Waals surface area contributed by atoms with Crippen LogP contribution in [0, 0.1) is 0 Å². The molecular weight excluding hydrogens is 384 g/mol. The summed E-state index contributed by atoms with van der Waals surface area (Å²) in [5.74, 6) is 0.680. The van der Waals surface area contributed by atoms with Crippen LogP contribution in [0.1, 0.15) is 23.9 Å². The molecule has 1 aliphatic heterocycles. The molecule has 3 nitrogen and oxygen atoms in total. The monoisotopic (exact) mass is 404 g/mol. The third kappa shape index (κ3) is 3.40. The topological polar surface area (TPSA) is 33.2 Å². The minimum atomic E-state index is 0.127. The lowest BCUT2D eigenvalue weighted by molar-refractivity contribution is -0.129. The number of likely N-dealkylation sites (tertiary alicyclic amines) is 1. The van der Waals surface area contributed by atoms with Crippen LogP contribution in [0.4, 0.5) is 0 Å². The predicted octanol–water partition coefficient (Wildman–Crippen LogP) is 5.91. The summed E-state index contributed by atoms with van der Waals surface area (Å²) >= 11 is 3.34. The van der Waals surface area contributed by atoms with Gasteiger partial charge in [0.2, 0.25) is 5.91 Å². The molecule has 5 rings (SSSR count). The van der Waals surface area contributed by atoms with Gasteiger partial charge in [-0.2, -0.15) is 0 Å². The number of benzene rings is 3. The number of aromatic nitrogens is 1. The van der Waals surface area contributed by atoms with Gasteiger partial charge in [0, 0.05) is 11.4 Å². The molecule has 3 aromatic carbocycles. The summed E-state index contributed by atoms with van der Waals surface area (Å²) in [4.78, 5) is 20.9. The maximum absolute atomic E-state index is 13.0. The Morgan fingerprint density at radius 3 is 2.79 bits per heavy atom. The molecule has 0 spiro atoms. The fourth-order valence-electron chi connectivity index (χ4n) is 3.84. The molecule has 1 atom stereocenters. The van der Waals surface area contributed by atoms with Crippen molar-refractivity contribution >= 4 is 50.0 Å². The number of hydrogen-bond donors (Lipinski definition) is 0. The number of amides is 1. The van der Waals surface area contributed by atoms with E-state index in [-0.39, 0.29) is 11.9 Å². The molecule has 1 unspecified atom stereocenters. The predicted molar refractivity (Wildman–Crippen MR) is 118 cm³/mol. The summed E-state index contributed by atoms with van der Waals surface area (Å²) in [5.41, 5.74) is 1.03. The van der Waals surface area contributed by atoms with Crippen LogP contribution in [-0.2, 0) is 4.79 Å². The van der Waals surface area contributed by atoms with Crippen molar-refractivity contribution in [3.8, 4) is 0 Å². The molecule has 1 amide bonds. The molecule has 1 aliphatic rings. The van der Waals surface area contributed by atoms with E-state index in [0.717, 1.165) is 34.8 Å². The standard InChI is InChI=1S/C23H20N2OS2/c26-22(15-27-18-12-11-16-6-1-2-7-17(16)14-18)25-13-5-9-20(25)23-24-19-8-3-4-10-21(19)28-23/h1-4,6-8,10-12,14,20H,5,9,13,15H2. The van der Waals surface area contributed by atoms with E-state index in [1.165, 1.54) is 15.5 Å². The van der Waals surface area contributed by atoms with Gasteiger partial charge in [0.15, 0.2) is 0 Å². The zero-order valence-electron chi connectivity index (χ0n) is 15.4. The van der Waals surface area contributed by atoms with Crippen LogP contribution in [-0.4, -0.2) is 28.1 Å². The molecule has 2 heterocycles. The van der Waals surface area contributed by atoms with Gasteiger partial charge in [0.1, 0.15) is 5.01 Å². The van der Waals surface area contributed by atoms with Crippen molar-refractivity contribution in [2.75, 3.05) is 12.3 Å². The first kappa shape index (κ1) is 17.7. The first-order valence-corrected chi connectivity index (χ1v) is 11.3. The molecule has 140 valence electrons. The Balaban J connectivity index is 1.30. The minimum Gasteiger partial charge on any atom is -0.332 e. The SMILES string of the molecule is O=C(CSc1ccc2ccccc2c1)N1CCCC1c1nc2ccccc2s1. The number of carbonyl (C=O) groups is 1. The normalized spacial score (nSPS) is 16.9. The highest BCUT2D eigenvalue weighted by Crippen LogP contribution is 2.37. The molecule has 0 radical (unpaired) electrons. The van der Waals surface area contributed by atoms with E-state index < -0.39 is 0 Å². The largest absolute Gasteiger partial charge is 0.332 e. The van der Waals surface area contributed by atoms with E-state index in [1.54, 1.807) is 23.1 Å². The molecule has 1 fully saturated rings. The zero-order chi connectivity index (χ0) is 18.9. The maximum Gasteiger partial charge on any atom is 0.233 e. The van der Waals surface area contributed by atoms with Crippen LogP contribution in [0.25, 0.3) is 21.0 Å². The van der Waals surface area contributed by atoms with E-state index in [4.69, 9.17) is 4.98 Å². The summed E-state index contributed by atoms with van der Waals surface area (Å²) in [6.07, 6.45) is 2.05. The highest BCUT2D eigenvalue weighted by Gasteiger charge is 2.32. The molecule has 28 heavy (non-hydrogen) atoms. The molecular formula is C23H20N2OS2. The van der Waals surface area contributed by atoms with Crippen molar-refractivity contribution in [1.82, 2.24) is 9.88 Å². The lowest BCUT2D eigenvalue weighted by Gasteiger charge is -2.23. The number of thioether (sulfide) groups is 1. The average molecular weight is 405 g/mol. The zero-order valence-corrected chi connectivity index (χ0v) is 17.0. The molecule has 0 N–H and O–H groups in total. The smallest absolute Gasteiger partial charge is 0.233 e. The Bertz CT molecular complexity index is 1120. The van der Waals surface area contributed by atoms with Gasteiger partial charge in [-0.05, 0) is 47.9 Å². The molecule has 1 aromatic heterocycles. The van der Waals surface area contributed by atoms with Crippen LogP contribution in [0.3, 0.4) is 0 Å². The second-order valence-electron chi connectivity index (χ2n) is 7.06. The number of rotatable bonds is 4. The van der Waals surface area contributed by atoms with Gasteiger partial charge in [-0.3, -0.25) is 4.79 Å². The van der Waals surface area contributed by atoms with Crippen LogP contribution in [0.15, 0.2) is 71.6 Å². The van der Waals surface area contributed by atoms with Gasteiger partial charge in [-0.15, -0.1) is 23.1 Å². The first-order chi connectivity index (χ1) is 13.8. The quantitative estimate of drug-likeness (QED) is 0.397. The lowest BCUT2D eigenvalue weighted by Crippen LogP contribution is -2.31. The van der Waals surface area contributed by atoms with Crippen molar-refractivity contribution < 1.29 is 4.79 Å². The Hall–Kier alpha value is -2.37. The van der Waals surface area contributed by atoms with Gasteiger partial charge >= 0.3 is 0 Å². The molecule has 5 heteroatoms. The Labute approximate surface area is 172 Å². The van der Waals surface area contributed by atoms with Crippen LogP contribution < -0.4 is 0 Å². The van der Waals surface area contributed by atoms with Crippen molar-refractivity contribution in [2.45, 2.75) is 23.8 Å². The highest BCUT2D eigenvalue weighted by atomic mass is 32.2. The van der Waals surface area contributed by atoms with E-state index in [0.29, 0.717) is 5.75 Å². The summed E-state index contributed by atoms with van der Waals surface area (Å²) < 4.78 is 1.20. The average Bonchev–Trinajstić information content (AvgIpc) is 3.38. The fraction of sp³-hybridized carbons (Fsp3) is 0.217. The van der Waals surface area contributed by atoms with Gasteiger partial charge in [0.25, 0.3) is 0 Å². The molecule has 4 aromatic rings. The summed E-state index contributed by atoms with van der Waals surface area (Å²) in [7, 11) is 0. The van der Waals surface area contributed by atoms with Crippen LogP contribution in [0.5, 0.6) is 0 Å². The Morgan fingerprint density at radius 1 is 1.07 bits per heavy atom. The molecule has 1 saturated heterocycles. The Morgan fingerprint density at radius 2 is 1.89 bits per heavy atom. The third-order valence-corrected chi connectivity index (χ3v) is 7.37. The fourth-order valence-corrected chi connectivity index (χ4v) is 5.79. The molecule has 0 bridgehead atoms. The first-order valence-electron chi connectivity index (χ1n) is 9.54. The van der Waals surface area contributed by atoms with Crippen molar-refractivity contribution in [3.05, 3.63) is 71.7 Å². The van der Waals surface area contributed by atoms with Gasteiger partial charge in [0.05, 0.1) is 22.0 Å². The van der Waals surface area contributed by atoms with Crippen molar-refractivity contribution in [3.63, 3.8) is 0 Å². The summed E-state index contributed by atoms with van der Waals surface area (Å²) in [6, 6.07) is 23.1. The number of para-hydroxylation sites is 1. The summed E-state index contributed by atoms with van der Waals surface area (Å²) in [6.45, 7) is 0.831. The molecule has 0 aliphatic carbocycles. The van der Waals surface area contributed by atoms with Gasteiger partial charge in [-0.25, -0.2) is 4.98 Å². The van der Waals surface area contributed by atoms with E-state index in [9.17, 15) is 4.79 Å². The van der Waals surface area contributed by atoms with Crippen LogP contribution in [0.2, 0.25) is 0 Å². The second-order valence-corrected chi connectivity index (χ2v) is 9.17. The second kappa shape index (κ2) is 7.57.